The van der Waals surface area contributed by atoms with Gasteiger partial charge in [-0.25, -0.2) is 0 Å². The summed E-state index contributed by atoms with van der Waals surface area (Å²) >= 11 is 14.3. The summed E-state index contributed by atoms with van der Waals surface area (Å²) in [6, 6.07) is 22.9. The first-order valence-corrected chi connectivity index (χ1v) is 17.2. The van der Waals surface area contributed by atoms with Gasteiger partial charge in [-0.05, 0) is 35.4 Å². The molecule has 4 aromatic carbocycles. The molecule has 0 saturated carbocycles. The Morgan fingerprint density at radius 3 is 1.42 bits per heavy atom. The summed E-state index contributed by atoms with van der Waals surface area (Å²) in [6.07, 6.45) is 0.791. The Morgan fingerprint density at radius 1 is 0.600 bits per heavy atom. The maximum Gasteiger partial charge on any atom is 0.265 e. The van der Waals surface area contributed by atoms with Crippen LogP contribution in [0.1, 0.15) is 12.8 Å². The summed E-state index contributed by atoms with van der Waals surface area (Å²) in [5.41, 5.74) is 6.01. The minimum Gasteiger partial charge on any atom is -0.482 e. The average molecular weight is 712 g/mol. The third-order valence-electron chi connectivity index (χ3n) is 9.72. The molecule has 8 rings (SSSR count). The summed E-state index contributed by atoms with van der Waals surface area (Å²) in [6.45, 7) is 1.80. The standard InChI is InChI=1S/C38H32Cl2N4O6/c39-37-25(23-7-9-29-31(13-23)49-19-35(47)43(29)17-21-11-33(45)41-15-21)3-1-5-27(37)28-6-2-4-26(38(28)40)24-8-10-30-32(14-24)50-20-36(48)44(30)18-22-12-34(46)42-16-22/h1-10,13-14,21-22H,11-12,15-20H2,(H,41,45)(H,42,46). The van der Waals surface area contributed by atoms with Gasteiger partial charge in [0.15, 0.2) is 13.2 Å². The maximum absolute atomic E-state index is 12.8. The highest BCUT2D eigenvalue weighted by Gasteiger charge is 2.33. The highest BCUT2D eigenvalue weighted by molar-refractivity contribution is 6.39. The van der Waals surface area contributed by atoms with Crippen LogP contribution in [-0.4, -0.2) is 63.0 Å². The zero-order valence-electron chi connectivity index (χ0n) is 26.8. The third kappa shape index (κ3) is 5.92. The molecule has 0 radical (unpaired) electrons. The monoisotopic (exact) mass is 710 g/mol. The lowest BCUT2D eigenvalue weighted by Crippen LogP contribution is -2.42. The Labute approximate surface area is 298 Å². The molecule has 4 heterocycles. The fraction of sp³-hybridized carbons (Fsp3) is 0.263. The molecule has 2 fully saturated rings. The van der Waals surface area contributed by atoms with E-state index in [9.17, 15) is 19.2 Å². The maximum atomic E-state index is 12.8. The zero-order valence-corrected chi connectivity index (χ0v) is 28.4. The van der Waals surface area contributed by atoms with Crippen LogP contribution in [0.15, 0.2) is 72.8 Å². The molecule has 254 valence electrons. The number of fused-ring (bicyclic) bond motifs is 2. The summed E-state index contributed by atoms with van der Waals surface area (Å²) < 4.78 is 11.7. The van der Waals surface area contributed by atoms with Crippen LogP contribution in [0, 0.1) is 11.8 Å². The van der Waals surface area contributed by atoms with Gasteiger partial charge in [0.25, 0.3) is 11.8 Å². The van der Waals surface area contributed by atoms with Crippen LogP contribution in [0.3, 0.4) is 0 Å². The van der Waals surface area contributed by atoms with E-state index in [1.807, 2.05) is 72.8 Å². The molecule has 0 aliphatic carbocycles. The number of nitrogens with one attached hydrogen (secondary N) is 2. The summed E-state index contributed by atoms with van der Waals surface area (Å²) in [7, 11) is 0. The van der Waals surface area contributed by atoms with Gasteiger partial charge in [0, 0.05) is 73.1 Å². The molecule has 2 saturated heterocycles. The topological polar surface area (TPSA) is 117 Å². The number of carbonyl (C=O) groups is 4. The summed E-state index contributed by atoms with van der Waals surface area (Å²) in [4.78, 5) is 52.5. The van der Waals surface area contributed by atoms with Gasteiger partial charge >= 0.3 is 0 Å². The van der Waals surface area contributed by atoms with Gasteiger partial charge in [0.05, 0.1) is 21.4 Å². The van der Waals surface area contributed by atoms with Crippen molar-refractivity contribution < 1.29 is 28.7 Å². The van der Waals surface area contributed by atoms with E-state index in [4.69, 9.17) is 32.7 Å². The minimum atomic E-state index is -0.144. The Morgan fingerprint density at radius 2 is 1.02 bits per heavy atom. The Hall–Kier alpha value is -5.06. The summed E-state index contributed by atoms with van der Waals surface area (Å²) in [5, 5.41) is 6.69. The number of amides is 4. The lowest BCUT2D eigenvalue weighted by molar-refractivity contribution is -0.122. The van der Waals surface area contributed by atoms with Crippen LogP contribution in [0.5, 0.6) is 11.5 Å². The molecule has 4 aromatic rings. The van der Waals surface area contributed by atoms with Crippen LogP contribution >= 0.6 is 23.2 Å². The van der Waals surface area contributed by atoms with E-state index in [-0.39, 0.29) is 48.7 Å². The van der Waals surface area contributed by atoms with Crippen LogP contribution in [-0.2, 0) is 19.2 Å². The largest absolute Gasteiger partial charge is 0.482 e. The van der Waals surface area contributed by atoms with Gasteiger partial charge in [-0.15, -0.1) is 0 Å². The number of ether oxygens (including phenoxy) is 2. The van der Waals surface area contributed by atoms with Gasteiger partial charge in [-0.2, -0.15) is 0 Å². The highest BCUT2D eigenvalue weighted by atomic mass is 35.5. The van der Waals surface area contributed by atoms with Crippen molar-refractivity contribution in [3.05, 3.63) is 82.8 Å². The fourth-order valence-corrected chi connectivity index (χ4v) is 7.85. The molecule has 4 aliphatic heterocycles. The molecule has 0 spiro atoms. The molecule has 50 heavy (non-hydrogen) atoms. The fourth-order valence-electron chi connectivity index (χ4n) is 7.17. The second kappa shape index (κ2) is 13.0. The van der Waals surface area contributed by atoms with Crippen molar-refractivity contribution in [3.63, 3.8) is 0 Å². The van der Waals surface area contributed by atoms with Crippen molar-refractivity contribution in [2.24, 2.45) is 11.8 Å². The van der Waals surface area contributed by atoms with Crippen molar-refractivity contribution >= 4 is 58.2 Å². The van der Waals surface area contributed by atoms with Crippen molar-refractivity contribution in [1.29, 1.82) is 0 Å². The second-order valence-corrected chi connectivity index (χ2v) is 13.8. The number of benzene rings is 4. The number of nitrogens with zero attached hydrogens (tertiary/aromatic N) is 2. The smallest absolute Gasteiger partial charge is 0.265 e. The first-order chi connectivity index (χ1) is 24.2. The van der Waals surface area contributed by atoms with E-state index in [1.165, 1.54) is 0 Å². The SMILES string of the molecule is O=C1CC(CN2C(=O)COc3cc(-c4cccc(-c5cccc(-c6ccc7c(c6)OCC(=O)N7CC6CNC(=O)C6)c5Cl)c4Cl)ccc32)CN1. The van der Waals surface area contributed by atoms with Crippen molar-refractivity contribution in [3.8, 4) is 44.9 Å². The number of rotatable bonds is 7. The van der Waals surface area contributed by atoms with Crippen molar-refractivity contribution in [2.75, 3.05) is 49.2 Å². The van der Waals surface area contributed by atoms with Crippen LogP contribution < -0.4 is 29.9 Å². The number of carbonyl (C=O) groups excluding carboxylic acids is 4. The highest BCUT2D eigenvalue weighted by Crippen LogP contribution is 2.45. The molecule has 4 aliphatic rings. The lowest BCUT2D eigenvalue weighted by atomic mass is 9.95. The van der Waals surface area contributed by atoms with Crippen LogP contribution in [0.2, 0.25) is 10.0 Å². The van der Waals surface area contributed by atoms with E-state index in [0.29, 0.717) is 71.9 Å². The number of anilines is 2. The number of hydrogen-bond acceptors (Lipinski definition) is 6. The third-order valence-corrected chi connectivity index (χ3v) is 10.5. The molecule has 12 heteroatoms. The second-order valence-electron chi connectivity index (χ2n) is 13.0. The molecule has 2 unspecified atom stereocenters. The molecule has 0 bridgehead atoms. The molecule has 10 nitrogen and oxygen atoms in total. The Bertz CT molecular complexity index is 1940. The lowest BCUT2D eigenvalue weighted by Gasteiger charge is -2.31. The number of halogens is 2. The summed E-state index contributed by atoms with van der Waals surface area (Å²) in [5.74, 6) is 0.951. The van der Waals surface area contributed by atoms with Crippen molar-refractivity contribution in [1.82, 2.24) is 10.6 Å². The quantitative estimate of drug-likeness (QED) is 0.254. The van der Waals surface area contributed by atoms with E-state index in [1.54, 1.807) is 9.80 Å². The predicted molar refractivity (Wildman–Crippen MR) is 191 cm³/mol. The van der Waals surface area contributed by atoms with Gasteiger partial charge in [-0.3, -0.25) is 19.2 Å². The van der Waals surface area contributed by atoms with Gasteiger partial charge in [0.1, 0.15) is 11.5 Å². The first-order valence-electron chi connectivity index (χ1n) is 16.5. The molecule has 0 aromatic heterocycles. The van der Waals surface area contributed by atoms with E-state index >= 15 is 0 Å². The molecule has 2 N–H and O–H groups in total. The zero-order chi connectivity index (χ0) is 34.5. The van der Waals surface area contributed by atoms with Crippen LogP contribution in [0.4, 0.5) is 11.4 Å². The number of hydrogen-bond donors (Lipinski definition) is 2. The molecule has 2 atom stereocenters. The Balaban J connectivity index is 1.08. The van der Waals surface area contributed by atoms with E-state index in [2.05, 4.69) is 10.6 Å². The first kappa shape index (κ1) is 32.2. The van der Waals surface area contributed by atoms with E-state index < -0.39 is 0 Å². The molecule has 4 amide bonds. The van der Waals surface area contributed by atoms with Crippen LogP contribution in [0.25, 0.3) is 33.4 Å². The van der Waals surface area contributed by atoms with Gasteiger partial charge in [-0.1, -0.05) is 71.7 Å². The molecular weight excluding hydrogens is 679 g/mol. The van der Waals surface area contributed by atoms with Gasteiger partial charge in [0.2, 0.25) is 11.8 Å². The minimum absolute atomic E-state index is 0.000499. The normalized spacial score (nSPS) is 19.8. The van der Waals surface area contributed by atoms with Crippen molar-refractivity contribution in [2.45, 2.75) is 12.8 Å². The van der Waals surface area contributed by atoms with Gasteiger partial charge < -0.3 is 29.9 Å². The Kier molecular flexibility index (Phi) is 8.36. The van der Waals surface area contributed by atoms with E-state index in [0.717, 1.165) is 33.4 Å². The molecular formula is C38H32Cl2N4O6. The average Bonchev–Trinajstić information content (AvgIpc) is 3.73. The predicted octanol–water partition coefficient (Wildman–Crippen LogP) is 5.72.